The Morgan fingerprint density at radius 1 is 1.57 bits per heavy atom. The van der Waals surface area contributed by atoms with E-state index in [9.17, 15) is 4.79 Å². The van der Waals surface area contributed by atoms with Crippen LogP contribution in [0, 0.1) is 0 Å². The Morgan fingerprint density at radius 2 is 2.36 bits per heavy atom. The summed E-state index contributed by atoms with van der Waals surface area (Å²) < 4.78 is 0. The molecule has 0 fully saturated rings. The number of hydrogen-bond acceptors (Lipinski definition) is 3. The zero-order chi connectivity index (χ0) is 10.1. The standard InChI is InChI=1S/C9H9N3O2/c10-9(14)5-1-2-7-8(6(5)3-13)12-4-11-7/h1-2,4,13H,3H2,(H2,10,14)(H,11,12). The fraction of sp³-hybridized carbons (Fsp3) is 0.111. The molecule has 1 amide bonds. The van der Waals surface area contributed by atoms with Gasteiger partial charge in [0.1, 0.15) is 0 Å². The number of aliphatic hydroxyl groups excluding tert-OH is 1. The van der Waals surface area contributed by atoms with E-state index < -0.39 is 5.91 Å². The highest BCUT2D eigenvalue weighted by Gasteiger charge is 2.12. The Hall–Kier alpha value is -1.88. The molecule has 2 aromatic rings. The summed E-state index contributed by atoms with van der Waals surface area (Å²) in [6.45, 7) is -0.250. The largest absolute Gasteiger partial charge is 0.392 e. The molecule has 5 nitrogen and oxygen atoms in total. The second kappa shape index (κ2) is 3.12. The number of benzene rings is 1. The Bertz CT molecular complexity index is 490. The van der Waals surface area contributed by atoms with Crippen LogP contribution in [0.2, 0.25) is 0 Å². The van der Waals surface area contributed by atoms with E-state index in [2.05, 4.69) is 9.97 Å². The molecule has 0 bridgehead atoms. The van der Waals surface area contributed by atoms with Crippen LogP contribution < -0.4 is 5.73 Å². The van der Waals surface area contributed by atoms with Crippen LogP contribution in [0.5, 0.6) is 0 Å². The van der Waals surface area contributed by atoms with Gasteiger partial charge in [-0.25, -0.2) is 4.98 Å². The number of H-pyrrole nitrogens is 1. The lowest BCUT2D eigenvalue weighted by Crippen LogP contribution is -2.14. The number of amides is 1. The molecular formula is C9H9N3O2. The highest BCUT2D eigenvalue weighted by atomic mass is 16.3. The van der Waals surface area contributed by atoms with Crippen molar-refractivity contribution < 1.29 is 9.90 Å². The second-order valence-electron chi connectivity index (χ2n) is 2.91. The molecule has 0 aliphatic rings. The van der Waals surface area contributed by atoms with E-state index in [0.717, 1.165) is 5.52 Å². The molecule has 0 atom stereocenters. The number of aromatic nitrogens is 2. The number of fused-ring (bicyclic) bond motifs is 1. The molecule has 0 unspecified atom stereocenters. The van der Waals surface area contributed by atoms with E-state index in [1.54, 1.807) is 12.1 Å². The van der Waals surface area contributed by atoms with Crippen LogP contribution in [-0.4, -0.2) is 21.0 Å². The average Bonchev–Trinajstić information content (AvgIpc) is 2.63. The monoisotopic (exact) mass is 191 g/mol. The minimum absolute atomic E-state index is 0.250. The van der Waals surface area contributed by atoms with E-state index in [-0.39, 0.29) is 6.61 Å². The lowest BCUT2D eigenvalue weighted by molar-refractivity contribution is 0.0997. The van der Waals surface area contributed by atoms with Gasteiger partial charge < -0.3 is 15.8 Å². The number of nitrogens with zero attached hydrogens (tertiary/aromatic N) is 1. The lowest BCUT2D eigenvalue weighted by Gasteiger charge is -2.03. The molecule has 0 saturated heterocycles. The van der Waals surface area contributed by atoms with Gasteiger partial charge in [-0.15, -0.1) is 0 Å². The Kier molecular flexibility index (Phi) is 1.94. The third kappa shape index (κ3) is 1.14. The maximum Gasteiger partial charge on any atom is 0.249 e. The lowest BCUT2D eigenvalue weighted by atomic mass is 10.1. The van der Waals surface area contributed by atoms with Crippen molar-refractivity contribution in [1.82, 2.24) is 9.97 Å². The number of imidazole rings is 1. The molecule has 2 rings (SSSR count). The summed E-state index contributed by atoms with van der Waals surface area (Å²) in [4.78, 5) is 17.9. The first-order valence-corrected chi connectivity index (χ1v) is 4.09. The Labute approximate surface area is 79.6 Å². The van der Waals surface area contributed by atoms with Gasteiger partial charge in [-0.3, -0.25) is 4.79 Å². The summed E-state index contributed by atoms with van der Waals surface area (Å²) in [5.74, 6) is -0.557. The van der Waals surface area contributed by atoms with E-state index in [4.69, 9.17) is 10.8 Å². The predicted octanol–water partition coefficient (Wildman–Crippen LogP) is 0.154. The highest BCUT2D eigenvalue weighted by molar-refractivity contribution is 5.98. The zero-order valence-corrected chi connectivity index (χ0v) is 7.32. The van der Waals surface area contributed by atoms with Crippen LogP contribution in [0.15, 0.2) is 18.5 Å². The molecule has 1 heterocycles. The molecule has 0 aliphatic carbocycles. The van der Waals surface area contributed by atoms with Crippen LogP contribution in [-0.2, 0) is 6.61 Å². The third-order valence-electron chi connectivity index (χ3n) is 2.12. The van der Waals surface area contributed by atoms with Gasteiger partial charge in [0.15, 0.2) is 0 Å². The molecular weight excluding hydrogens is 182 g/mol. The summed E-state index contributed by atoms with van der Waals surface area (Å²) >= 11 is 0. The van der Waals surface area contributed by atoms with Crippen molar-refractivity contribution in [3.05, 3.63) is 29.6 Å². The van der Waals surface area contributed by atoms with Gasteiger partial charge in [-0.1, -0.05) is 0 Å². The summed E-state index contributed by atoms with van der Waals surface area (Å²) in [7, 11) is 0. The van der Waals surface area contributed by atoms with Crippen molar-refractivity contribution in [1.29, 1.82) is 0 Å². The SMILES string of the molecule is NC(=O)c1ccc2[nH]cnc2c1CO. The van der Waals surface area contributed by atoms with Gasteiger partial charge in [-0.2, -0.15) is 0 Å². The first-order valence-electron chi connectivity index (χ1n) is 4.09. The minimum Gasteiger partial charge on any atom is -0.392 e. The van der Waals surface area contributed by atoms with Gasteiger partial charge in [0, 0.05) is 11.1 Å². The minimum atomic E-state index is -0.557. The van der Waals surface area contributed by atoms with E-state index in [1.165, 1.54) is 6.33 Å². The topological polar surface area (TPSA) is 92.0 Å². The summed E-state index contributed by atoms with van der Waals surface area (Å²) in [5.41, 5.74) is 7.31. The summed E-state index contributed by atoms with van der Waals surface area (Å²) in [6.07, 6.45) is 1.51. The fourth-order valence-corrected chi connectivity index (χ4v) is 1.46. The number of rotatable bonds is 2. The van der Waals surface area contributed by atoms with Crippen molar-refractivity contribution in [2.24, 2.45) is 5.73 Å². The van der Waals surface area contributed by atoms with Crippen LogP contribution in [0.25, 0.3) is 11.0 Å². The number of carbonyl (C=O) groups excluding carboxylic acids is 1. The average molecular weight is 191 g/mol. The van der Waals surface area contributed by atoms with Crippen molar-refractivity contribution in [3.63, 3.8) is 0 Å². The number of hydrogen-bond donors (Lipinski definition) is 3. The second-order valence-corrected chi connectivity index (χ2v) is 2.91. The number of nitrogens with one attached hydrogen (secondary N) is 1. The van der Waals surface area contributed by atoms with Gasteiger partial charge in [0.25, 0.3) is 0 Å². The van der Waals surface area contributed by atoms with Gasteiger partial charge >= 0.3 is 0 Å². The third-order valence-corrected chi connectivity index (χ3v) is 2.12. The Morgan fingerprint density at radius 3 is 3.00 bits per heavy atom. The predicted molar refractivity (Wildman–Crippen MR) is 50.5 cm³/mol. The number of carbonyl (C=O) groups is 1. The highest BCUT2D eigenvalue weighted by Crippen LogP contribution is 2.19. The van der Waals surface area contributed by atoms with Crippen molar-refractivity contribution in [3.8, 4) is 0 Å². The Balaban J connectivity index is 2.78. The number of nitrogens with two attached hydrogens (primary N) is 1. The first kappa shape index (κ1) is 8.71. The number of primary amides is 1. The van der Waals surface area contributed by atoms with E-state index in [0.29, 0.717) is 16.6 Å². The van der Waals surface area contributed by atoms with Crippen LogP contribution in [0.3, 0.4) is 0 Å². The molecule has 5 heteroatoms. The van der Waals surface area contributed by atoms with E-state index >= 15 is 0 Å². The zero-order valence-electron chi connectivity index (χ0n) is 7.32. The molecule has 0 saturated carbocycles. The van der Waals surface area contributed by atoms with Crippen molar-refractivity contribution in [2.75, 3.05) is 0 Å². The molecule has 72 valence electrons. The van der Waals surface area contributed by atoms with E-state index in [1.807, 2.05) is 0 Å². The summed E-state index contributed by atoms with van der Waals surface area (Å²) in [5, 5.41) is 9.12. The smallest absolute Gasteiger partial charge is 0.249 e. The molecule has 4 N–H and O–H groups in total. The van der Waals surface area contributed by atoms with Crippen molar-refractivity contribution >= 4 is 16.9 Å². The van der Waals surface area contributed by atoms with Crippen LogP contribution >= 0.6 is 0 Å². The van der Waals surface area contributed by atoms with Gasteiger partial charge in [0.05, 0.1) is 24.0 Å². The quantitative estimate of drug-likeness (QED) is 0.631. The number of aliphatic hydroxyl groups is 1. The molecule has 1 aromatic heterocycles. The number of aromatic amines is 1. The maximum absolute atomic E-state index is 11.0. The molecule has 0 aliphatic heterocycles. The van der Waals surface area contributed by atoms with Crippen LogP contribution in [0.1, 0.15) is 15.9 Å². The fourth-order valence-electron chi connectivity index (χ4n) is 1.46. The maximum atomic E-state index is 11.0. The molecule has 14 heavy (non-hydrogen) atoms. The molecule has 1 aromatic carbocycles. The van der Waals surface area contributed by atoms with Gasteiger partial charge in [0.2, 0.25) is 5.91 Å². The summed E-state index contributed by atoms with van der Waals surface area (Å²) in [6, 6.07) is 3.29. The molecule has 0 spiro atoms. The van der Waals surface area contributed by atoms with Crippen LogP contribution in [0.4, 0.5) is 0 Å². The molecule has 0 radical (unpaired) electrons. The normalized spacial score (nSPS) is 10.6. The first-order chi connectivity index (χ1) is 6.74. The van der Waals surface area contributed by atoms with Crippen molar-refractivity contribution in [2.45, 2.75) is 6.61 Å². The van der Waals surface area contributed by atoms with Gasteiger partial charge in [-0.05, 0) is 12.1 Å².